The number of carbonyl (C=O) groups is 1. The van der Waals surface area contributed by atoms with Crippen LogP contribution >= 0.6 is 0 Å². The van der Waals surface area contributed by atoms with Gasteiger partial charge in [-0.2, -0.15) is 0 Å². The quantitative estimate of drug-likeness (QED) is 0.435. The van der Waals surface area contributed by atoms with Gasteiger partial charge in [0.25, 0.3) is 0 Å². The lowest BCUT2D eigenvalue weighted by molar-refractivity contribution is -0.103. The molecule has 0 aliphatic carbocycles. The molecule has 3 heteroatoms. The number of aldehydes is 1. The molecule has 2 saturated heterocycles. The fourth-order valence-corrected chi connectivity index (χ4v) is 2.20. The second kappa shape index (κ2) is 4.67. The molecule has 0 bridgehead atoms. The van der Waals surface area contributed by atoms with Crippen LogP contribution in [-0.2, 0) is 27.1 Å². The fourth-order valence-electron chi connectivity index (χ4n) is 2.20. The van der Waals surface area contributed by atoms with Gasteiger partial charge in [0, 0.05) is 18.4 Å². The van der Waals surface area contributed by atoms with Gasteiger partial charge >= 0.3 is 0 Å². The molecule has 0 aromatic heterocycles. The van der Waals surface area contributed by atoms with Crippen LogP contribution in [0, 0.1) is 0 Å². The van der Waals surface area contributed by atoms with E-state index in [2.05, 4.69) is 18.7 Å². The Kier molecular flexibility index (Phi) is 3.02. The van der Waals surface area contributed by atoms with Gasteiger partial charge in [-0.3, -0.25) is 4.79 Å². The summed E-state index contributed by atoms with van der Waals surface area (Å²) in [5.41, 5.74) is 3.91. The highest BCUT2D eigenvalue weighted by molar-refractivity contribution is 6.06. The maximum Gasteiger partial charge on any atom is 0.150 e. The number of benzene rings is 1. The van der Waals surface area contributed by atoms with Crippen molar-refractivity contribution in [2.75, 3.05) is 13.2 Å². The molecule has 0 spiro atoms. The smallest absolute Gasteiger partial charge is 0.150 e. The summed E-state index contributed by atoms with van der Waals surface area (Å²) < 4.78 is 10.5. The van der Waals surface area contributed by atoms with Crippen molar-refractivity contribution in [3.8, 4) is 0 Å². The Hall–Kier alpha value is -1.45. The number of rotatable bonds is 6. The highest BCUT2D eigenvalue weighted by atomic mass is 16.6. The van der Waals surface area contributed by atoms with E-state index < -0.39 is 0 Å². The number of carbonyl (C=O) groups excluding carboxylic acids is 1. The number of epoxide rings is 2. The molecule has 3 nitrogen and oxygen atoms in total. The van der Waals surface area contributed by atoms with Gasteiger partial charge in [-0.25, -0.2) is 0 Å². The van der Waals surface area contributed by atoms with Gasteiger partial charge in [0.1, 0.15) is 6.29 Å². The van der Waals surface area contributed by atoms with E-state index in [9.17, 15) is 4.79 Å². The van der Waals surface area contributed by atoms with Crippen LogP contribution in [0.5, 0.6) is 0 Å². The predicted octanol–water partition coefficient (Wildman–Crippen LogP) is 1.78. The number of hydrogen-bond donors (Lipinski definition) is 0. The maximum atomic E-state index is 10.9. The van der Waals surface area contributed by atoms with Crippen LogP contribution in [0.3, 0.4) is 0 Å². The van der Waals surface area contributed by atoms with Crippen molar-refractivity contribution in [2.45, 2.75) is 25.0 Å². The lowest BCUT2D eigenvalue weighted by Crippen LogP contribution is -2.02. The van der Waals surface area contributed by atoms with E-state index in [4.69, 9.17) is 9.47 Å². The molecule has 94 valence electrons. The van der Waals surface area contributed by atoms with E-state index in [0.29, 0.717) is 17.8 Å². The Bertz CT molecular complexity index is 485. The maximum absolute atomic E-state index is 10.9. The second-order valence-electron chi connectivity index (χ2n) is 4.95. The van der Waals surface area contributed by atoms with Crippen LogP contribution < -0.4 is 0 Å². The Morgan fingerprint density at radius 2 is 1.94 bits per heavy atom. The van der Waals surface area contributed by atoms with Crippen molar-refractivity contribution in [2.24, 2.45) is 0 Å². The average Bonchev–Trinajstić information content (AvgIpc) is 3.24. The zero-order valence-electron chi connectivity index (χ0n) is 10.2. The van der Waals surface area contributed by atoms with E-state index >= 15 is 0 Å². The summed E-state index contributed by atoms with van der Waals surface area (Å²) in [6.07, 6.45) is 3.33. The summed E-state index contributed by atoms with van der Waals surface area (Å²) >= 11 is 0. The monoisotopic (exact) mass is 244 g/mol. The van der Waals surface area contributed by atoms with Crippen LogP contribution in [0.25, 0.3) is 5.57 Å². The van der Waals surface area contributed by atoms with Crippen LogP contribution in [-0.4, -0.2) is 31.7 Å². The minimum absolute atomic E-state index is 0.315. The lowest BCUT2D eigenvalue weighted by atomic mass is 9.94. The molecule has 2 aliphatic heterocycles. The first kappa shape index (κ1) is 11.6. The minimum atomic E-state index is 0.315. The first-order valence-electron chi connectivity index (χ1n) is 6.25. The number of ether oxygens (including phenoxy) is 2. The summed E-state index contributed by atoms with van der Waals surface area (Å²) in [5, 5.41) is 0. The molecule has 2 unspecified atom stereocenters. The molecule has 18 heavy (non-hydrogen) atoms. The van der Waals surface area contributed by atoms with Crippen LogP contribution in [0.15, 0.2) is 24.8 Å². The molecule has 1 aromatic carbocycles. The SMILES string of the molecule is C=C(C=O)c1ccc(CC2CO2)cc1CC1CO1. The molecule has 2 heterocycles. The predicted molar refractivity (Wildman–Crippen MR) is 68.4 cm³/mol. The average molecular weight is 244 g/mol. The highest BCUT2D eigenvalue weighted by Crippen LogP contribution is 2.26. The molecule has 3 rings (SSSR count). The first-order valence-corrected chi connectivity index (χ1v) is 6.25. The van der Waals surface area contributed by atoms with E-state index in [1.165, 1.54) is 5.56 Å². The second-order valence-corrected chi connectivity index (χ2v) is 4.95. The summed E-state index contributed by atoms with van der Waals surface area (Å²) in [4.78, 5) is 10.9. The molecule has 2 atom stereocenters. The molecular weight excluding hydrogens is 228 g/mol. The largest absolute Gasteiger partial charge is 0.373 e. The molecule has 0 amide bonds. The van der Waals surface area contributed by atoms with Crippen molar-refractivity contribution >= 4 is 11.9 Å². The van der Waals surface area contributed by atoms with Gasteiger partial charge < -0.3 is 9.47 Å². The summed E-state index contributed by atoms with van der Waals surface area (Å²) in [6.45, 7) is 5.49. The van der Waals surface area contributed by atoms with E-state index in [1.54, 1.807) is 0 Å². The standard InChI is InChI=1S/C15H16O3/c1-10(7-16)15-3-2-11(5-13-8-17-13)4-12(15)6-14-9-18-14/h2-4,7,13-14H,1,5-6,8-9H2. The first-order chi connectivity index (χ1) is 8.76. The summed E-state index contributed by atoms with van der Waals surface area (Å²) in [5.74, 6) is 0. The van der Waals surface area contributed by atoms with Gasteiger partial charge in [0.05, 0.1) is 25.4 Å². The zero-order valence-corrected chi connectivity index (χ0v) is 10.2. The highest BCUT2D eigenvalue weighted by Gasteiger charge is 2.26. The van der Waals surface area contributed by atoms with Crippen molar-refractivity contribution in [1.29, 1.82) is 0 Å². The van der Waals surface area contributed by atoms with Gasteiger partial charge in [-0.15, -0.1) is 0 Å². The van der Waals surface area contributed by atoms with E-state index in [0.717, 1.165) is 43.5 Å². The molecule has 0 saturated carbocycles. The Morgan fingerprint density at radius 1 is 1.28 bits per heavy atom. The molecule has 1 aromatic rings. The molecule has 0 N–H and O–H groups in total. The van der Waals surface area contributed by atoms with Crippen molar-refractivity contribution in [1.82, 2.24) is 0 Å². The van der Waals surface area contributed by atoms with Crippen LogP contribution in [0.4, 0.5) is 0 Å². The molecule has 2 aliphatic rings. The van der Waals surface area contributed by atoms with Crippen LogP contribution in [0.1, 0.15) is 16.7 Å². The van der Waals surface area contributed by atoms with E-state index in [-0.39, 0.29) is 0 Å². The van der Waals surface area contributed by atoms with Crippen molar-refractivity contribution < 1.29 is 14.3 Å². The van der Waals surface area contributed by atoms with Gasteiger partial charge in [-0.1, -0.05) is 24.8 Å². The van der Waals surface area contributed by atoms with Gasteiger partial charge in [-0.05, 0) is 16.7 Å². The third-order valence-electron chi connectivity index (χ3n) is 3.37. The fraction of sp³-hybridized carbons (Fsp3) is 0.400. The number of allylic oxidation sites excluding steroid dienone is 1. The summed E-state index contributed by atoms with van der Waals surface area (Å²) in [7, 11) is 0. The normalized spacial score (nSPS) is 24.7. The molecule has 0 radical (unpaired) electrons. The third-order valence-corrected chi connectivity index (χ3v) is 3.37. The van der Waals surface area contributed by atoms with Gasteiger partial charge in [0.2, 0.25) is 0 Å². The Balaban J connectivity index is 1.86. The lowest BCUT2D eigenvalue weighted by Gasteiger charge is -2.10. The van der Waals surface area contributed by atoms with Crippen molar-refractivity contribution in [3.05, 3.63) is 41.5 Å². The van der Waals surface area contributed by atoms with E-state index in [1.807, 2.05) is 6.07 Å². The van der Waals surface area contributed by atoms with Gasteiger partial charge in [0.15, 0.2) is 0 Å². The Morgan fingerprint density at radius 3 is 2.56 bits per heavy atom. The third kappa shape index (κ3) is 2.68. The van der Waals surface area contributed by atoms with Crippen molar-refractivity contribution in [3.63, 3.8) is 0 Å². The molecule has 2 fully saturated rings. The molecular formula is C15H16O3. The Labute approximate surface area is 106 Å². The minimum Gasteiger partial charge on any atom is -0.373 e. The topological polar surface area (TPSA) is 42.1 Å². The number of hydrogen-bond acceptors (Lipinski definition) is 3. The zero-order chi connectivity index (χ0) is 12.5. The van der Waals surface area contributed by atoms with Crippen LogP contribution in [0.2, 0.25) is 0 Å². The summed E-state index contributed by atoms with van der Waals surface area (Å²) in [6, 6.07) is 6.21.